The highest BCUT2D eigenvalue weighted by molar-refractivity contribution is 7.98. The van der Waals surface area contributed by atoms with Gasteiger partial charge in [-0.2, -0.15) is 14.0 Å². The van der Waals surface area contributed by atoms with E-state index in [1.54, 1.807) is 12.3 Å². The summed E-state index contributed by atoms with van der Waals surface area (Å²) in [5, 5.41) is 20.2. The van der Waals surface area contributed by atoms with Crippen molar-refractivity contribution in [3.05, 3.63) is 44.2 Å². The van der Waals surface area contributed by atoms with Crippen molar-refractivity contribution in [3.63, 3.8) is 0 Å². The number of nitriles is 1. The molecule has 0 saturated heterocycles. The number of non-ortho nitro benzene ring substituents is 1. The van der Waals surface area contributed by atoms with Gasteiger partial charge in [0.1, 0.15) is 23.1 Å². The lowest BCUT2D eigenvalue weighted by Gasteiger charge is -2.11. The van der Waals surface area contributed by atoms with Gasteiger partial charge in [0.15, 0.2) is 5.16 Å². The van der Waals surface area contributed by atoms with Gasteiger partial charge in [0, 0.05) is 12.1 Å². The number of ether oxygens (including phenoxy) is 1. The summed E-state index contributed by atoms with van der Waals surface area (Å²) in [6.07, 6.45) is 1.60. The minimum atomic E-state index is -3.20. The van der Waals surface area contributed by atoms with Gasteiger partial charge in [0.25, 0.3) is 11.2 Å². The van der Waals surface area contributed by atoms with E-state index in [-0.39, 0.29) is 16.4 Å². The van der Waals surface area contributed by atoms with Crippen LogP contribution in [-0.4, -0.2) is 27.8 Å². The molecule has 0 unspecified atom stereocenters. The van der Waals surface area contributed by atoms with Crippen LogP contribution in [0, 0.1) is 21.4 Å². The first-order valence-corrected chi connectivity index (χ1v) is 7.42. The number of aromatic nitrogens is 2. The average molecular weight is 354 g/mol. The second kappa shape index (κ2) is 7.05. The maximum absolute atomic E-state index is 12.6. The lowest BCUT2D eigenvalue weighted by atomic mass is 10.1. The summed E-state index contributed by atoms with van der Waals surface area (Å²) < 4.78 is 29.5. The Kier molecular flexibility index (Phi) is 5.10. The van der Waals surface area contributed by atoms with Gasteiger partial charge in [0.05, 0.1) is 10.5 Å². The normalized spacial score (nSPS) is 10.5. The molecule has 24 heavy (non-hydrogen) atoms. The van der Waals surface area contributed by atoms with E-state index in [1.165, 1.54) is 0 Å². The number of H-pyrrole nitrogens is 1. The topological polar surface area (TPSA) is 122 Å². The lowest BCUT2D eigenvalue weighted by molar-refractivity contribution is -0.384. The molecule has 0 fully saturated rings. The number of benzene rings is 1. The Balaban J connectivity index is 2.81. The van der Waals surface area contributed by atoms with Crippen LogP contribution in [0.15, 0.2) is 28.2 Å². The number of hydrogen-bond donors (Lipinski definition) is 1. The van der Waals surface area contributed by atoms with Gasteiger partial charge in [-0.15, -0.1) is 0 Å². The molecular weight excluding hydrogens is 346 g/mol. The van der Waals surface area contributed by atoms with Crippen LogP contribution in [0.3, 0.4) is 0 Å². The molecule has 0 spiro atoms. The van der Waals surface area contributed by atoms with E-state index in [9.17, 15) is 23.7 Å². The summed E-state index contributed by atoms with van der Waals surface area (Å²) in [4.78, 5) is 28.4. The van der Waals surface area contributed by atoms with Crippen molar-refractivity contribution >= 4 is 17.4 Å². The number of nitro benzene ring substituents is 1. The number of rotatable bonds is 5. The average Bonchev–Trinajstić information content (AvgIpc) is 2.53. The van der Waals surface area contributed by atoms with Crippen LogP contribution in [0.4, 0.5) is 14.5 Å². The van der Waals surface area contributed by atoms with Crippen molar-refractivity contribution in [1.82, 2.24) is 9.97 Å². The fourth-order valence-corrected chi connectivity index (χ4v) is 2.24. The number of halogens is 2. The van der Waals surface area contributed by atoms with Crippen molar-refractivity contribution in [3.8, 4) is 23.1 Å². The molecule has 11 heteroatoms. The van der Waals surface area contributed by atoms with Gasteiger partial charge >= 0.3 is 6.61 Å². The van der Waals surface area contributed by atoms with Gasteiger partial charge in [-0.05, 0) is 12.3 Å². The number of thioether (sulfide) groups is 1. The van der Waals surface area contributed by atoms with Crippen LogP contribution in [0.25, 0.3) is 11.3 Å². The molecule has 0 aliphatic heterocycles. The van der Waals surface area contributed by atoms with Crippen molar-refractivity contribution < 1.29 is 18.4 Å². The van der Waals surface area contributed by atoms with Gasteiger partial charge < -0.3 is 9.72 Å². The molecule has 1 heterocycles. The third kappa shape index (κ3) is 3.49. The number of alkyl halides is 2. The Labute approximate surface area is 137 Å². The molecule has 1 aromatic carbocycles. The smallest absolute Gasteiger partial charge is 0.387 e. The highest BCUT2D eigenvalue weighted by Crippen LogP contribution is 2.34. The van der Waals surface area contributed by atoms with E-state index < -0.39 is 34.1 Å². The monoisotopic (exact) mass is 354 g/mol. The van der Waals surface area contributed by atoms with Gasteiger partial charge in [-0.3, -0.25) is 14.9 Å². The highest BCUT2D eigenvalue weighted by atomic mass is 32.2. The van der Waals surface area contributed by atoms with Crippen molar-refractivity contribution in [2.24, 2.45) is 0 Å². The summed E-state index contributed by atoms with van der Waals surface area (Å²) in [5.41, 5.74) is -2.20. The maximum atomic E-state index is 12.6. The largest absolute Gasteiger partial charge is 0.434 e. The molecule has 0 atom stereocenters. The molecule has 0 bridgehead atoms. The third-order valence-corrected chi connectivity index (χ3v) is 3.43. The highest BCUT2D eigenvalue weighted by Gasteiger charge is 2.22. The summed E-state index contributed by atoms with van der Waals surface area (Å²) in [6.45, 7) is -3.20. The Morgan fingerprint density at radius 3 is 2.75 bits per heavy atom. The SMILES string of the molecule is CSc1nc(-c2cc([N+](=O)[O-])ccc2OC(F)F)c(C#N)c(=O)[nH]1. The van der Waals surface area contributed by atoms with Gasteiger partial charge in [0.2, 0.25) is 0 Å². The molecule has 2 aromatic rings. The van der Waals surface area contributed by atoms with E-state index in [1.807, 2.05) is 0 Å². The maximum Gasteiger partial charge on any atom is 0.387 e. The van der Waals surface area contributed by atoms with Gasteiger partial charge in [-0.1, -0.05) is 11.8 Å². The molecule has 0 amide bonds. The molecular formula is C13H8F2N4O4S. The Morgan fingerprint density at radius 2 is 2.21 bits per heavy atom. The number of nitrogens with zero attached hydrogens (tertiary/aromatic N) is 3. The van der Waals surface area contributed by atoms with Crippen LogP contribution >= 0.6 is 11.8 Å². The predicted octanol–water partition coefficient (Wildman–Crippen LogP) is 2.54. The third-order valence-electron chi connectivity index (χ3n) is 2.85. The Bertz CT molecular complexity index is 895. The van der Waals surface area contributed by atoms with E-state index in [0.717, 1.165) is 30.0 Å². The number of nitro groups is 1. The van der Waals surface area contributed by atoms with E-state index in [4.69, 9.17) is 5.26 Å². The fraction of sp³-hybridized carbons (Fsp3) is 0.154. The first-order valence-electron chi connectivity index (χ1n) is 6.19. The van der Waals surface area contributed by atoms with Crippen LogP contribution in [0.5, 0.6) is 5.75 Å². The van der Waals surface area contributed by atoms with E-state index in [2.05, 4.69) is 14.7 Å². The van der Waals surface area contributed by atoms with Crippen LogP contribution in [0.1, 0.15) is 5.56 Å². The van der Waals surface area contributed by atoms with Crippen molar-refractivity contribution in [2.45, 2.75) is 11.8 Å². The second-order valence-corrected chi connectivity index (χ2v) is 5.02. The van der Waals surface area contributed by atoms with Gasteiger partial charge in [-0.25, -0.2) is 4.98 Å². The fourth-order valence-electron chi connectivity index (χ4n) is 1.86. The summed E-state index contributed by atoms with van der Waals surface area (Å²) in [5.74, 6) is -0.433. The van der Waals surface area contributed by atoms with E-state index in [0.29, 0.717) is 0 Å². The van der Waals surface area contributed by atoms with Crippen molar-refractivity contribution in [2.75, 3.05) is 6.26 Å². The molecule has 0 aliphatic rings. The molecule has 1 N–H and O–H groups in total. The Morgan fingerprint density at radius 1 is 1.50 bits per heavy atom. The first kappa shape index (κ1) is 17.4. The summed E-state index contributed by atoms with van der Waals surface area (Å²) in [6, 6.07) is 4.46. The number of hydrogen-bond acceptors (Lipinski definition) is 7. The predicted molar refractivity (Wildman–Crippen MR) is 80.1 cm³/mol. The second-order valence-electron chi connectivity index (χ2n) is 4.23. The molecule has 2 rings (SSSR count). The molecule has 0 aliphatic carbocycles. The Hall–Kier alpha value is -3.00. The number of nitrogens with one attached hydrogen (secondary N) is 1. The minimum Gasteiger partial charge on any atom is -0.434 e. The molecule has 0 radical (unpaired) electrons. The van der Waals surface area contributed by atoms with Crippen LogP contribution < -0.4 is 10.3 Å². The summed E-state index contributed by atoms with van der Waals surface area (Å²) in [7, 11) is 0. The quantitative estimate of drug-likeness (QED) is 0.379. The van der Waals surface area contributed by atoms with Crippen molar-refractivity contribution in [1.29, 1.82) is 5.26 Å². The zero-order valence-electron chi connectivity index (χ0n) is 11.9. The first-order chi connectivity index (χ1) is 11.4. The molecule has 0 saturated carbocycles. The zero-order valence-corrected chi connectivity index (χ0v) is 12.8. The molecule has 124 valence electrons. The zero-order chi connectivity index (χ0) is 17.9. The standard InChI is InChI=1S/C13H8F2N4O4S/c1-24-13-17-10(8(5-16)11(20)18-13)7-4-6(19(21)22)2-3-9(7)23-12(14)15/h2-4,12H,1H3,(H,17,18,20). The lowest BCUT2D eigenvalue weighted by Crippen LogP contribution is -2.15. The van der Waals surface area contributed by atoms with Crippen LogP contribution in [-0.2, 0) is 0 Å². The number of aromatic amines is 1. The van der Waals surface area contributed by atoms with Crippen LogP contribution in [0.2, 0.25) is 0 Å². The summed E-state index contributed by atoms with van der Waals surface area (Å²) >= 11 is 1.04. The minimum absolute atomic E-state index is 0.114. The molecule has 1 aromatic heterocycles. The van der Waals surface area contributed by atoms with E-state index >= 15 is 0 Å². The molecule has 8 nitrogen and oxygen atoms in total.